The van der Waals surface area contributed by atoms with Crippen molar-refractivity contribution in [1.82, 2.24) is 4.98 Å². The van der Waals surface area contributed by atoms with Crippen molar-refractivity contribution in [1.29, 1.82) is 0 Å². The third kappa shape index (κ3) is 3.88. The summed E-state index contributed by atoms with van der Waals surface area (Å²) in [6.45, 7) is 0.588. The second-order valence-electron chi connectivity index (χ2n) is 6.53. The van der Waals surface area contributed by atoms with Crippen LogP contribution in [-0.2, 0) is 13.0 Å². The molecule has 154 valence electrons. The van der Waals surface area contributed by atoms with Gasteiger partial charge in [0, 0.05) is 28.2 Å². The number of rotatable bonds is 6. The lowest BCUT2D eigenvalue weighted by Gasteiger charge is -2.19. The van der Waals surface area contributed by atoms with Crippen molar-refractivity contribution in [2.24, 2.45) is 0 Å². The van der Waals surface area contributed by atoms with Crippen molar-refractivity contribution < 1.29 is 19.2 Å². The van der Waals surface area contributed by atoms with E-state index in [4.69, 9.17) is 9.47 Å². The van der Waals surface area contributed by atoms with Crippen LogP contribution in [-0.4, -0.2) is 29.5 Å². The molecule has 2 aromatic carbocycles. The summed E-state index contributed by atoms with van der Waals surface area (Å²) in [5.74, 6) is -0.0268. The number of amides is 1. The zero-order valence-corrected chi connectivity index (χ0v) is 18.2. The molecule has 0 unspecified atom stereocenters. The summed E-state index contributed by atoms with van der Waals surface area (Å²) in [4.78, 5) is 30.1. The number of carbonyl (C=O) groups is 1. The van der Waals surface area contributed by atoms with Gasteiger partial charge in [0.05, 0.1) is 29.3 Å². The van der Waals surface area contributed by atoms with Gasteiger partial charge in [-0.25, -0.2) is 4.98 Å². The van der Waals surface area contributed by atoms with Gasteiger partial charge in [-0.2, -0.15) is 0 Å². The van der Waals surface area contributed by atoms with Crippen LogP contribution < -0.4 is 14.4 Å². The molecule has 10 heteroatoms. The van der Waals surface area contributed by atoms with Crippen LogP contribution in [0.2, 0.25) is 0 Å². The van der Waals surface area contributed by atoms with Gasteiger partial charge in [-0.1, -0.05) is 15.9 Å². The predicted molar refractivity (Wildman–Crippen MR) is 116 cm³/mol. The Morgan fingerprint density at radius 3 is 2.87 bits per heavy atom. The summed E-state index contributed by atoms with van der Waals surface area (Å²) in [5, 5.41) is 13.6. The molecule has 0 saturated heterocycles. The second-order valence-corrected chi connectivity index (χ2v) is 8.16. The van der Waals surface area contributed by atoms with Crippen molar-refractivity contribution in [3.63, 3.8) is 0 Å². The number of halogens is 1. The van der Waals surface area contributed by atoms with Crippen molar-refractivity contribution in [3.8, 4) is 11.5 Å². The van der Waals surface area contributed by atoms with E-state index < -0.39 is 10.8 Å². The van der Waals surface area contributed by atoms with Crippen LogP contribution in [0.1, 0.15) is 21.6 Å². The van der Waals surface area contributed by atoms with Crippen molar-refractivity contribution >= 4 is 44.5 Å². The lowest BCUT2D eigenvalue weighted by molar-refractivity contribution is -0.385. The van der Waals surface area contributed by atoms with Gasteiger partial charge in [-0.15, -0.1) is 11.3 Å². The van der Waals surface area contributed by atoms with E-state index in [1.165, 1.54) is 30.6 Å². The zero-order valence-electron chi connectivity index (χ0n) is 15.8. The van der Waals surface area contributed by atoms with Crippen LogP contribution in [0.4, 0.5) is 11.4 Å². The average Bonchev–Trinajstić information content (AvgIpc) is 3.40. The van der Waals surface area contributed by atoms with E-state index in [1.807, 2.05) is 23.6 Å². The minimum Gasteiger partial charge on any atom is -0.493 e. The number of nitro groups is 1. The number of nitro benzene ring substituents is 1. The number of ether oxygens (including phenoxy) is 2. The number of anilines is 1. The van der Waals surface area contributed by atoms with Crippen LogP contribution in [0.15, 0.2) is 45.7 Å². The Morgan fingerprint density at radius 2 is 2.17 bits per heavy atom. The molecular weight excluding hydrogens is 474 g/mol. The van der Waals surface area contributed by atoms with Crippen LogP contribution in [0.25, 0.3) is 0 Å². The fourth-order valence-corrected chi connectivity index (χ4v) is 4.28. The molecule has 0 bridgehead atoms. The van der Waals surface area contributed by atoms with Gasteiger partial charge in [-0.3, -0.25) is 14.9 Å². The Bertz CT molecular complexity index is 1120. The Labute approximate surface area is 184 Å². The molecule has 0 spiro atoms. The first kappa shape index (κ1) is 20.3. The highest BCUT2D eigenvalue weighted by atomic mass is 79.9. The first-order valence-electron chi connectivity index (χ1n) is 8.94. The van der Waals surface area contributed by atoms with Gasteiger partial charge < -0.3 is 14.4 Å². The number of benzene rings is 2. The molecule has 0 radical (unpaired) electrons. The number of fused-ring (bicyclic) bond motifs is 1. The van der Waals surface area contributed by atoms with E-state index in [2.05, 4.69) is 20.9 Å². The molecule has 2 heterocycles. The van der Waals surface area contributed by atoms with Gasteiger partial charge >= 0.3 is 0 Å². The summed E-state index contributed by atoms with van der Waals surface area (Å²) in [7, 11) is 1.42. The summed E-state index contributed by atoms with van der Waals surface area (Å²) in [6, 6.07) is 8.23. The molecule has 8 nitrogen and oxygen atoms in total. The van der Waals surface area contributed by atoms with E-state index >= 15 is 0 Å². The molecule has 4 rings (SSSR count). The largest absolute Gasteiger partial charge is 0.493 e. The number of hydrogen-bond donors (Lipinski definition) is 0. The number of nitrogens with zero attached hydrogens (tertiary/aromatic N) is 3. The molecule has 3 aromatic rings. The van der Waals surface area contributed by atoms with E-state index in [0.717, 1.165) is 15.7 Å². The van der Waals surface area contributed by atoms with Crippen molar-refractivity contribution in [3.05, 3.63) is 72.6 Å². The third-order valence-corrected chi connectivity index (χ3v) is 5.88. The summed E-state index contributed by atoms with van der Waals surface area (Å²) in [6.07, 6.45) is 0.681. The maximum atomic E-state index is 13.2. The molecule has 30 heavy (non-hydrogen) atoms. The topological polar surface area (TPSA) is 94.8 Å². The van der Waals surface area contributed by atoms with Gasteiger partial charge in [0.2, 0.25) is 0 Å². The highest BCUT2D eigenvalue weighted by Gasteiger charge is 2.32. The molecule has 1 amide bonds. The SMILES string of the molecule is COc1cc(C(=O)N2CCc3cc(Br)ccc32)c([N+](=O)[O-])cc1OCc1cscn1. The quantitative estimate of drug-likeness (QED) is 0.370. The third-order valence-electron chi connectivity index (χ3n) is 4.75. The number of thiazole rings is 1. The second kappa shape index (κ2) is 8.41. The predicted octanol–water partition coefficient (Wildman–Crippen LogP) is 4.60. The summed E-state index contributed by atoms with van der Waals surface area (Å²) in [5.41, 5.74) is 3.75. The molecule has 1 aliphatic heterocycles. The Balaban J connectivity index is 1.69. The molecule has 0 N–H and O–H groups in total. The maximum absolute atomic E-state index is 13.2. The standard InChI is InChI=1S/C20H16BrN3O5S/c1-28-18-7-15(20(25)23-5-4-12-6-13(21)2-3-16(12)23)17(24(26)27)8-19(18)29-9-14-10-30-11-22-14/h2-3,6-8,10-11H,4-5,9H2,1H3. The number of hydrogen-bond acceptors (Lipinski definition) is 7. The molecule has 0 aliphatic carbocycles. The Morgan fingerprint density at radius 1 is 1.33 bits per heavy atom. The number of methoxy groups -OCH3 is 1. The smallest absolute Gasteiger partial charge is 0.286 e. The molecular formula is C20H16BrN3O5S. The fourth-order valence-electron chi connectivity index (χ4n) is 3.33. The lowest BCUT2D eigenvalue weighted by atomic mass is 10.1. The fraction of sp³-hybridized carbons (Fsp3) is 0.200. The van der Waals surface area contributed by atoms with E-state index in [-0.39, 0.29) is 29.4 Å². The van der Waals surface area contributed by atoms with Crippen molar-refractivity contribution in [2.45, 2.75) is 13.0 Å². The lowest BCUT2D eigenvalue weighted by Crippen LogP contribution is -2.29. The Hall–Kier alpha value is -2.98. The molecule has 0 fully saturated rings. The number of aromatic nitrogens is 1. The molecule has 0 saturated carbocycles. The minimum atomic E-state index is -0.582. The Kier molecular flexibility index (Phi) is 5.69. The van der Waals surface area contributed by atoms with Gasteiger partial charge in [-0.05, 0) is 30.2 Å². The van der Waals surface area contributed by atoms with Crippen LogP contribution in [0, 0.1) is 10.1 Å². The van der Waals surface area contributed by atoms with Gasteiger partial charge in [0.25, 0.3) is 11.6 Å². The van der Waals surface area contributed by atoms with E-state index in [9.17, 15) is 14.9 Å². The maximum Gasteiger partial charge on any atom is 0.286 e. The number of carbonyl (C=O) groups excluding carboxylic acids is 1. The summed E-state index contributed by atoms with van der Waals surface area (Å²) < 4.78 is 11.9. The highest BCUT2D eigenvalue weighted by Crippen LogP contribution is 2.38. The molecule has 1 aromatic heterocycles. The minimum absolute atomic E-state index is 0.0476. The molecule has 0 atom stereocenters. The highest BCUT2D eigenvalue weighted by molar-refractivity contribution is 9.10. The monoisotopic (exact) mass is 489 g/mol. The van der Waals surface area contributed by atoms with Crippen LogP contribution in [0.5, 0.6) is 11.5 Å². The van der Waals surface area contributed by atoms with E-state index in [0.29, 0.717) is 18.7 Å². The molecule has 1 aliphatic rings. The van der Waals surface area contributed by atoms with Gasteiger partial charge in [0.1, 0.15) is 12.2 Å². The normalized spacial score (nSPS) is 12.5. The van der Waals surface area contributed by atoms with Crippen molar-refractivity contribution in [2.75, 3.05) is 18.6 Å². The average molecular weight is 490 g/mol. The summed E-state index contributed by atoms with van der Waals surface area (Å²) >= 11 is 4.85. The zero-order chi connectivity index (χ0) is 21.3. The van der Waals surface area contributed by atoms with Crippen LogP contribution in [0.3, 0.4) is 0 Å². The first-order valence-corrected chi connectivity index (χ1v) is 10.7. The van der Waals surface area contributed by atoms with E-state index in [1.54, 1.807) is 10.4 Å². The van der Waals surface area contributed by atoms with Gasteiger partial charge in [0.15, 0.2) is 11.5 Å². The van der Waals surface area contributed by atoms with Crippen LogP contribution >= 0.6 is 27.3 Å². The first-order chi connectivity index (χ1) is 14.5.